The molecule has 2 rings (SSSR count). The number of hydrogen-bond acceptors (Lipinski definition) is 6. The maximum atomic E-state index is 11.8. The van der Waals surface area contributed by atoms with Gasteiger partial charge in [-0.1, -0.05) is 12.1 Å². The van der Waals surface area contributed by atoms with Crippen LogP contribution in [0.25, 0.3) is 0 Å². The molecular formula is C17H17N3O5. The minimum Gasteiger partial charge on any atom is -0.497 e. The van der Waals surface area contributed by atoms with E-state index in [2.05, 4.69) is 10.5 Å². The van der Waals surface area contributed by atoms with Gasteiger partial charge in [0.05, 0.1) is 17.7 Å². The van der Waals surface area contributed by atoms with Crippen LogP contribution in [0.4, 0.5) is 5.69 Å². The highest BCUT2D eigenvalue weighted by Crippen LogP contribution is 2.25. The molecule has 1 N–H and O–H groups in total. The Hall–Kier alpha value is -3.42. The van der Waals surface area contributed by atoms with Crippen molar-refractivity contribution in [2.45, 2.75) is 6.92 Å². The second-order valence-corrected chi connectivity index (χ2v) is 4.97. The van der Waals surface area contributed by atoms with Crippen molar-refractivity contribution in [2.75, 3.05) is 13.7 Å². The van der Waals surface area contributed by atoms with Crippen LogP contribution >= 0.6 is 0 Å². The van der Waals surface area contributed by atoms with E-state index in [1.54, 1.807) is 32.2 Å². The first-order valence-corrected chi connectivity index (χ1v) is 7.35. The fourth-order valence-corrected chi connectivity index (χ4v) is 1.95. The summed E-state index contributed by atoms with van der Waals surface area (Å²) in [4.78, 5) is 22.1. The highest BCUT2D eigenvalue weighted by atomic mass is 16.6. The van der Waals surface area contributed by atoms with Crippen LogP contribution in [0.5, 0.6) is 11.5 Å². The first kappa shape index (κ1) is 17.9. The third kappa shape index (κ3) is 5.03. The Labute approximate surface area is 144 Å². The van der Waals surface area contributed by atoms with Gasteiger partial charge in [-0.3, -0.25) is 14.9 Å². The predicted octanol–water partition coefficient (Wildman–Crippen LogP) is 2.52. The third-order valence-corrected chi connectivity index (χ3v) is 3.28. The normalized spacial score (nSPS) is 10.9. The molecule has 0 aliphatic heterocycles. The SMILES string of the molecule is COc1ccc(/C(C)=N/NC(=O)COc2ccccc2[N+](=O)[O-])cc1. The second kappa shape index (κ2) is 8.44. The molecule has 0 spiro atoms. The van der Waals surface area contributed by atoms with Gasteiger partial charge in [0.15, 0.2) is 12.4 Å². The minimum atomic E-state index is -0.570. The summed E-state index contributed by atoms with van der Waals surface area (Å²) in [6, 6.07) is 13.0. The fourth-order valence-electron chi connectivity index (χ4n) is 1.95. The zero-order chi connectivity index (χ0) is 18.2. The minimum absolute atomic E-state index is 0.0264. The Morgan fingerprint density at radius 2 is 1.88 bits per heavy atom. The Kier molecular flexibility index (Phi) is 6.05. The molecule has 2 aromatic rings. The van der Waals surface area contributed by atoms with Crippen molar-refractivity contribution in [1.29, 1.82) is 0 Å². The van der Waals surface area contributed by atoms with Crippen LogP contribution in [0.3, 0.4) is 0 Å². The standard InChI is InChI=1S/C17H17N3O5/c1-12(13-7-9-14(24-2)10-8-13)18-19-17(21)11-25-16-6-4-3-5-15(16)20(22)23/h3-10H,11H2,1-2H3,(H,19,21)/b18-12+. The Morgan fingerprint density at radius 1 is 1.20 bits per heavy atom. The lowest BCUT2D eigenvalue weighted by Crippen LogP contribution is -2.25. The summed E-state index contributed by atoms with van der Waals surface area (Å²) in [5, 5.41) is 14.9. The molecule has 0 heterocycles. The van der Waals surface area contributed by atoms with Crippen LogP contribution in [-0.2, 0) is 4.79 Å². The topological polar surface area (TPSA) is 103 Å². The molecule has 25 heavy (non-hydrogen) atoms. The number of methoxy groups -OCH3 is 1. The number of para-hydroxylation sites is 2. The van der Waals surface area contributed by atoms with Crippen LogP contribution in [0, 0.1) is 10.1 Å². The maximum Gasteiger partial charge on any atom is 0.310 e. The number of amides is 1. The van der Waals surface area contributed by atoms with E-state index < -0.39 is 10.8 Å². The molecule has 0 unspecified atom stereocenters. The van der Waals surface area contributed by atoms with Gasteiger partial charge in [0.2, 0.25) is 0 Å². The molecule has 130 valence electrons. The number of benzene rings is 2. The summed E-state index contributed by atoms with van der Waals surface area (Å²) in [7, 11) is 1.58. The van der Waals surface area contributed by atoms with E-state index in [4.69, 9.17) is 9.47 Å². The molecule has 0 fully saturated rings. The van der Waals surface area contributed by atoms with Crippen molar-refractivity contribution in [3.63, 3.8) is 0 Å². The maximum absolute atomic E-state index is 11.8. The number of carbonyl (C=O) groups is 1. The molecule has 0 saturated heterocycles. The van der Waals surface area contributed by atoms with E-state index in [9.17, 15) is 14.9 Å². The summed E-state index contributed by atoms with van der Waals surface area (Å²) in [5.74, 6) is 0.225. The van der Waals surface area contributed by atoms with E-state index in [-0.39, 0.29) is 18.0 Å². The number of ether oxygens (including phenoxy) is 2. The van der Waals surface area contributed by atoms with E-state index >= 15 is 0 Å². The van der Waals surface area contributed by atoms with Gasteiger partial charge in [-0.25, -0.2) is 5.43 Å². The molecule has 0 radical (unpaired) electrons. The first-order valence-electron chi connectivity index (χ1n) is 7.35. The van der Waals surface area contributed by atoms with Crippen LogP contribution in [0.2, 0.25) is 0 Å². The predicted molar refractivity (Wildman–Crippen MR) is 91.9 cm³/mol. The lowest BCUT2D eigenvalue weighted by atomic mass is 10.1. The van der Waals surface area contributed by atoms with Crippen molar-refractivity contribution in [2.24, 2.45) is 5.10 Å². The molecule has 8 nitrogen and oxygen atoms in total. The fraction of sp³-hybridized carbons (Fsp3) is 0.176. The average Bonchev–Trinajstić information content (AvgIpc) is 2.64. The van der Waals surface area contributed by atoms with Gasteiger partial charge in [-0.05, 0) is 42.8 Å². The van der Waals surface area contributed by atoms with Gasteiger partial charge < -0.3 is 9.47 Å². The van der Waals surface area contributed by atoms with Gasteiger partial charge in [-0.2, -0.15) is 5.10 Å². The number of rotatable bonds is 7. The van der Waals surface area contributed by atoms with E-state index in [1.807, 2.05) is 12.1 Å². The van der Waals surface area contributed by atoms with Crippen molar-refractivity contribution in [3.05, 3.63) is 64.2 Å². The van der Waals surface area contributed by atoms with Crippen LogP contribution in [-0.4, -0.2) is 30.3 Å². The molecule has 0 aromatic heterocycles. The summed E-state index contributed by atoms with van der Waals surface area (Å²) in [6.07, 6.45) is 0. The molecule has 2 aromatic carbocycles. The van der Waals surface area contributed by atoms with Crippen molar-refractivity contribution >= 4 is 17.3 Å². The quantitative estimate of drug-likeness (QED) is 0.473. The molecule has 0 atom stereocenters. The molecule has 0 aliphatic carbocycles. The van der Waals surface area contributed by atoms with Crippen LogP contribution in [0.15, 0.2) is 53.6 Å². The summed E-state index contributed by atoms with van der Waals surface area (Å²) >= 11 is 0. The number of nitrogens with zero attached hydrogens (tertiary/aromatic N) is 2. The third-order valence-electron chi connectivity index (χ3n) is 3.28. The van der Waals surface area contributed by atoms with Gasteiger partial charge in [0.25, 0.3) is 5.91 Å². The highest BCUT2D eigenvalue weighted by Gasteiger charge is 2.14. The molecule has 0 saturated carbocycles. The molecular weight excluding hydrogens is 326 g/mol. The number of hydrazone groups is 1. The van der Waals surface area contributed by atoms with Crippen molar-refractivity contribution < 1.29 is 19.2 Å². The molecule has 8 heteroatoms. The molecule has 1 amide bonds. The summed E-state index contributed by atoms with van der Waals surface area (Å²) in [6.45, 7) is 1.36. The number of nitro benzene ring substituents is 1. The van der Waals surface area contributed by atoms with Crippen LogP contribution in [0.1, 0.15) is 12.5 Å². The summed E-state index contributed by atoms with van der Waals surface area (Å²) in [5.41, 5.74) is 3.57. The van der Waals surface area contributed by atoms with Crippen LogP contribution < -0.4 is 14.9 Å². The monoisotopic (exact) mass is 343 g/mol. The Balaban J connectivity index is 1.92. The highest BCUT2D eigenvalue weighted by molar-refractivity contribution is 5.99. The van der Waals surface area contributed by atoms with Gasteiger partial charge in [0.1, 0.15) is 5.75 Å². The number of hydrogen-bond donors (Lipinski definition) is 1. The number of nitro groups is 1. The number of carbonyl (C=O) groups excluding carboxylic acids is 1. The van der Waals surface area contributed by atoms with Crippen molar-refractivity contribution in [1.82, 2.24) is 5.43 Å². The lowest BCUT2D eigenvalue weighted by molar-refractivity contribution is -0.385. The molecule has 0 aliphatic rings. The van der Waals surface area contributed by atoms with Gasteiger partial charge >= 0.3 is 5.69 Å². The second-order valence-electron chi connectivity index (χ2n) is 4.97. The Bertz CT molecular complexity index is 787. The first-order chi connectivity index (χ1) is 12.0. The van der Waals surface area contributed by atoms with Gasteiger partial charge in [0, 0.05) is 6.07 Å². The largest absolute Gasteiger partial charge is 0.497 e. The van der Waals surface area contributed by atoms with E-state index in [0.717, 1.165) is 11.3 Å². The van der Waals surface area contributed by atoms with E-state index in [1.165, 1.54) is 18.2 Å². The Morgan fingerprint density at radius 3 is 2.52 bits per heavy atom. The smallest absolute Gasteiger partial charge is 0.310 e. The lowest BCUT2D eigenvalue weighted by Gasteiger charge is -2.06. The molecule has 0 bridgehead atoms. The average molecular weight is 343 g/mol. The zero-order valence-corrected chi connectivity index (χ0v) is 13.8. The van der Waals surface area contributed by atoms with E-state index in [0.29, 0.717) is 5.71 Å². The van der Waals surface area contributed by atoms with Gasteiger partial charge in [-0.15, -0.1) is 0 Å². The van der Waals surface area contributed by atoms with Crippen molar-refractivity contribution in [3.8, 4) is 11.5 Å². The number of nitrogens with one attached hydrogen (secondary N) is 1. The zero-order valence-electron chi connectivity index (χ0n) is 13.8. The summed E-state index contributed by atoms with van der Waals surface area (Å²) < 4.78 is 10.3.